The summed E-state index contributed by atoms with van der Waals surface area (Å²) in [7, 11) is 1.54. The van der Waals surface area contributed by atoms with Crippen molar-refractivity contribution in [2.75, 3.05) is 7.11 Å². The first-order valence-corrected chi connectivity index (χ1v) is 3.82. The van der Waals surface area contributed by atoms with E-state index in [4.69, 9.17) is 9.84 Å². The molecule has 0 fully saturated rings. The summed E-state index contributed by atoms with van der Waals surface area (Å²) in [6.07, 6.45) is -0.736. The molecule has 12 heavy (non-hydrogen) atoms. The Bertz CT molecular complexity index is 153. The topological polar surface area (TPSA) is 66.8 Å². The molecule has 0 aromatic carbocycles. The fraction of sp³-hybridized carbons (Fsp3) is 0.875. The van der Waals surface area contributed by atoms with Crippen LogP contribution in [0.3, 0.4) is 0 Å². The molecule has 0 aromatic heterocycles. The lowest BCUT2D eigenvalue weighted by Crippen LogP contribution is -2.29. The summed E-state index contributed by atoms with van der Waals surface area (Å²) in [5.74, 6) is -0.991. The van der Waals surface area contributed by atoms with Crippen LogP contribution in [0.1, 0.15) is 26.7 Å². The van der Waals surface area contributed by atoms with Gasteiger partial charge in [0.25, 0.3) is 0 Å². The van der Waals surface area contributed by atoms with Gasteiger partial charge in [-0.05, 0) is 13.8 Å². The molecule has 2 N–H and O–H groups in total. The predicted molar refractivity (Wildman–Crippen MR) is 44.0 cm³/mol. The van der Waals surface area contributed by atoms with Crippen molar-refractivity contribution >= 4 is 5.97 Å². The summed E-state index contributed by atoms with van der Waals surface area (Å²) in [4.78, 5) is 10.2. The summed E-state index contributed by atoms with van der Waals surface area (Å²) in [6, 6.07) is 0. The van der Waals surface area contributed by atoms with Crippen molar-refractivity contribution in [1.29, 1.82) is 0 Å². The van der Waals surface area contributed by atoms with Crippen LogP contribution < -0.4 is 0 Å². The highest BCUT2D eigenvalue weighted by molar-refractivity contribution is 5.67. The van der Waals surface area contributed by atoms with Crippen molar-refractivity contribution in [3.63, 3.8) is 0 Å². The van der Waals surface area contributed by atoms with Crippen LogP contribution in [-0.4, -0.2) is 35.0 Å². The van der Waals surface area contributed by atoms with Gasteiger partial charge in [0, 0.05) is 13.5 Å². The Hall–Kier alpha value is -0.610. The first-order valence-electron chi connectivity index (χ1n) is 3.82. The van der Waals surface area contributed by atoms with E-state index in [2.05, 4.69) is 0 Å². The zero-order valence-electron chi connectivity index (χ0n) is 7.70. The van der Waals surface area contributed by atoms with Crippen LogP contribution in [0.5, 0.6) is 0 Å². The van der Waals surface area contributed by atoms with Crippen molar-refractivity contribution < 1.29 is 19.7 Å². The summed E-state index contributed by atoms with van der Waals surface area (Å²) in [6.45, 7) is 3.61. The number of aliphatic carboxylic acids is 1. The number of carboxylic acids is 1. The number of carboxylic acid groups (broad SMARTS) is 1. The number of methoxy groups -OCH3 is 1. The van der Waals surface area contributed by atoms with E-state index in [0.29, 0.717) is 6.42 Å². The standard InChI is InChI=1S/C8H16O4/c1-8(2,12-3)5-6(9)4-7(10)11/h6,9H,4-5H2,1-3H3,(H,10,11). The second-order valence-corrected chi connectivity index (χ2v) is 3.42. The number of ether oxygens (including phenoxy) is 1. The minimum atomic E-state index is -0.991. The van der Waals surface area contributed by atoms with Crippen LogP contribution in [0.25, 0.3) is 0 Å². The maximum Gasteiger partial charge on any atom is 0.305 e. The normalized spacial score (nSPS) is 14.3. The van der Waals surface area contributed by atoms with E-state index in [1.165, 1.54) is 7.11 Å². The number of hydrogen-bond acceptors (Lipinski definition) is 3. The molecule has 0 amide bonds. The lowest BCUT2D eigenvalue weighted by Gasteiger charge is -2.24. The first-order chi connectivity index (χ1) is 5.37. The van der Waals surface area contributed by atoms with Crippen LogP contribution in [0, 0.1) is 0 Å². The van der Waals surface area contributed by atoms with Crippen molar-refractivity contribution in [3.05, 3.63) is 0 Å². The highest BCUT2D eigenvalue weighted by Gasteiger charge is 2.22. The Labute approximate surface area is 72.2 Å². The average Bonchev–Trinajstić information content (AvgIpc) is 1.84. The van der Waals surface area contributed by atoms with Gasteiger partial charge >= 0.3 is 5.97 Å². The smallest absolute Gasteiger partial charge is 0.305 e. The molecule has 0 saturated carbocycles. The van der Waals surface area contributed by atoms with Gasteiger partial charge in [-0.1, -0.05) is 0 Å². The van der Waals surface area contributed by atoms with Crippen LogP contribution in [-0.2, 0) is 9.53 Å². The van der Waals surface area contributed by atoms with Gasteiger partial charge in [0.2, 0.25) is 0 Å². The number of carbonyl (C=O) groups is 1. The molecule has 0 aliphatic rings. The molecule has 0 bridgehead atoms. The molecule has 0 aliphatic carbocycles. The predicted octanol–water partition coefficient (Wildman–Crippen LogP) is 0.637. The summed E-state index contributed by atoms with van der Waals surface area (Å²) < 4.78 is 5.04. The average molecular weight is 176 g/mol. The number of hydrogen-bond donors (Lipinski definition) is 2. The molecule has 0 saturated heterocycles. The van der Waals surface area contributed by atoms with Gasteiger partial charge in [-0.25, -0.2) is 0 Å². The third-order valence-electron chi connectivity index (χ3n) is 1.69. The summed E-state index contributed by atoms with van der Waals surface area (Å²) in [5, 5.41) is 17.6. The molecular weight excluding hydrogens is 160 g/mol. The third-order valence-corrected chi connectivity index (χ3v) is 1.69. The van der Waals surface area contributed by atoms with Gasteiger partial charge < -0.3 is 14.9 Å². The largest absolute Gasteiger partial charge is 0.481 e. The van der Waals surface area contributed by atoms with Crippen LogP contribution in [0.15, 0.2) is 0 Å². The second-order valence-electron chi connectivity index (χ2n) is 3.42. The molecule has 0 aromatic rings. The van der Waals surface area contributed by atoms with E-state index in [1.807, 2.05) is 0 Å². The summed E-state index contributed by atoms with van der Waals surface area (Å²) >= 11 is 0. The van der Waals surface area contributed by atoms with E-state index in [0.717, 1.165) is 0 Å². The van der Waals surface area contributed by atoms with Crippen LogP contribution in [0.2, 0.25) is 0 Å². The van der Waals surface area contributed by atoms with Gasteiger partial charge in [0.1, 0.15) is 0 Å². The molecule has 0 heterocycles. The molecule has 1 atom stereocenters. The molecule has 0 radical (unpaired) electrons. The Balaban J connectivity index is 3.83. The molecule has 72 valence electrons. The lowest BCUT2D eigenvalue weighted by molar-refractivity contribution is -0.140. The zero-order valence-corrected chi connectivity index (χ0v) is 7.70. The molecule has 4 nitrogen and oxygen atoms in total. The molecule has 1 unspecified atom stereocenters. The fourth-order valence-electron chi connectivity index (χ4n) is 0.925. The quantitative estimate of drug-likeness (QED) is 0.645. The second kappa shape index (κ2) is 4.42. The minimum absolute atomic E-state index is 0.229. The van der Waals surface area contributed by atoms with Gasteiger partial charge in [-0.2, -0.15) is 0 Å². The van der Waals surface area contributed by atoms with Gasteiger partial charge in [-0.3, -0.25) is 4.79 Å². The van der Waals surface area contributed by atoms with E-state index in [1.54, 1.807) is 13.8 Å². The Morgan fingerprint density at radius 3 is 2.42 bits per heavy atom. The van der Waals surface area contributed by atoms with Crippen molar-refractivity contribution in [1.82, 2.24) is 0 Å². The highest BCUT2D eigenvalue weighted by atomic mass is 16.5. The summed E-state index contributed by atoms with van der Waals surface area (Å²) in [5.41, 5.74) is -0.463. The Kier molecular flexibility index (Phi) is 4.20. The lowest BCUT2D eigenvalue weighted by atomic mass is 9.99. The Morgan fingerprint density at radius 1 is 1.58 bits per heavy atom. The van der Waals surface area contributed by atoms with Crippen LogP contribution in [0.4, 0.5) is 0 Å². The van der Waals surface area contributed by atoms with E-state index in [-0.39, 0.29) is 6.42 Å². The SMILES string of the molecule is COC(C)(C)CC(O)CC(=O)O. The van der Waals surface area contributed by atoms with Crippen molar-refractivity contribution in [2.24, 2.45) is 0 Å². The Morgan fingerprint density at radius 2 is 2.08 bits per heavy atom. The van der Waals surface area contributed by atoms with E-state index < -0.39 is 17.7 Å². The van der Waals surface area contributed by atoms with E-state index >= 15 is 0 Å². The minimum Gasteiger partial charge on any atom is -0.481 e. The number of aliphatic hydroxyl groups is 1. The molecular formula is C8H16O4. The molecule has 4 heteroatoms. The number of aliphatic hydroxyl groups excluding tert-OH is 1. The molecule has 0 spiro atoms. The van der Waals surface area contributed by atoms with Crippen LogP contribution >= 0.6 is 0 Å². The monoisotopic (exact) mass is 176 g/mol. The maximum atomic E-state index is 10.2. The maximum absolute atomic E-state index is 10.2. The zero-order chi connectivity index (χ0) is 9.78. The van der Waals surface area contributed by atoms with Gasteiger partial charge in [-0.15, -0.1) is 0 Å². The first kappa shape index (κ1) is 11.4. The van der Waals surface area contributed by atoms with Gasteiger partial charge in [0.15, 0.2) is 0 Å². The van der Waals surface area contributed by atoms with Crippen molar-refractivity contribution in [3.8, 4) is 0 Å². The highest BCUT2D eigenvalue weighted by Crippen LogP contribution is 2.16. The molecule has 0 aliphatic heterocycles. The van der Waals surface area contributed by atoms with Crippen molar-refractivity contribution in [2.45, 2.75) is 38.4 Å². The molecule has 0 rings (SSSR count). The van der Waals surface area contributed by atoms with Gasteiger partial charge in [0.05, 0.1) is 18.1 Å². The fourth-order valence-corrected chi connectivity index (χ4v) is 0.925. The third kappa shape index (κ3) is 5.09. The number of rotatable bonds is 5. The van der Waals surface area contributed by atoms with E-state index in [9.17, 15) is 9.90 Å².